The predicted octanol–water partition coefficient (Wildman–Crippen LogP) is 5.19. The average molecular weight is 409 g/mol. The number of nitrogens with two attached hydrogens (primary N) is 1. The van der Waals surface area contributed by atoms with E-state index in [0.29, 0.717) is 17.3 Å². The van der Waals surface area contributed by atoms with Crippen LogP contribution in [-0.2, 0) is 6.54 Å². The summed E-state index contributed by atoms with van der Waals surface area (Å²) in [6.45, 7) is 0.867. The van der Waals surface area contributed by atoms with Gasteiger partial charge in [-0.25, -0.2) is 14.6 Å². The van der Waals surface area contributed by atoms with Gasteiger partial charge in [-0.3, -0.25) is 0 Å². The summed E-state index contributed by atoms with van der Waals surface area (Å²) in [5, 5.41) is 14.9. The van der Waals surface area contributed by atoms with Crippen LogP contribution in [0.4, 0.5) is 5.82 Å². The number of nitrogens with zero attached hydrogens (tertiary/aromatic N) is 5. The minimum atomic E-state index is 0.459. The van der Waals surface area contributed by atoms with Crippen LogP contribution in [0.2, 0.25) is 0 Å². The van der Waals surface area contributed by atoms with E-state index in [1.165, 1.54) is 38.4 Å². The quantitative estimate of drug-likeness (QED) is 0.501. The third kappa shape index (κ3) is 3.75. The molecule has 0 aliphatic heterocycles. The first-order chi connectivity index (χ1) is 15.2. The minimum Gasteiger partial charge on any atom is -0.383 e. The van der Waals surface area contributed by atoms with Crippen LogP contribution < -0.4 is 5.73 Å². The molecule has 0 atom stereocenters. The Kier molecular flexibility index (Phi) is 5.09. The number of aromatic nitrogens is 4. The van der Waals surface area contributed by atoms with E-state index in [2.05, 4.69) is 28.2 Å². The zero-order valence-corrected chi connectivity index (χ0v) is 17.3. The van der Waals surface area contributed by atoms with Crippen LogP contribution in [0.25, 0.3) is 33.4 Å². The molecule has 2 aromatic carbocycles. The third-order valence-corrected chi connectivity index (χ3v) is 6.20. The summed E-state index contributed by atoms with van der Waals surface area (Å²) in [5.41, 5.74) is 11.6. The van der Waals surface area contributed by atoms with Crippen molar-refractivity contribution < 1.29 is 0 Å². The van der Waals surface area contributed by atoms with Crippen LogP contribution >= 0.6 is 0 Å². The highest BCUT2D eigenvalue weighted by Crippen LogP contribution is 2.33. The van der Waals surface area contributed by atoms with Gasteiger partial charge in [0.15, 0.2) is 5.65 Å². The van der Waals surface area contributed by atoms with Gasteiger partial charge in [-0.15, -0.1) is 0 Å². The van der Waals surface area contributed by atoms with Gasteiger partial charge in [0.25, 0.3) is 0 Å². The van der Waals surface area contributed by atoms with Gasteiger partial charge in [0.1, 0.15) is 17.8 Å². The summed E-state index contributed by atoms with van der Waals surface area (Å²) in [6, 6.07) is 18.0. The Morgan fingerprint density at radius 1 is 0.968 bits per heavy atom. The first-order valence-corrected chi connectivity index (χ1v) is 10.8. The molecule has 2 N–H and O–H groups in total. The molecule has 2 heterocycles. The Balaban J connectivity index is 1.53. The number of fused-ring (bicyclic) bond motifs is 1. The lowest BCUT2D eigenvalue weighted by molar-refractivity contribution is 0.311. The monoisotopic (exact) mass is 408 g/mol. The topological polar surface area (TPSA) is 93.4 Å². The number of nitrogen functional groups attached to an aromatic ring is 1. The minimum absolute atomic E-state index is 0.459. The second kappa shape index (κ2) is 8.19. The summed E-state index contributed by atoms with van der Waals surface area (Å²) in [6.07, 6.45) is 7.93. The summed E-state index contributed by atoms with van der Waals surface area (Å²) in [5.74, 6) is 1.09. The second-order valence-corrected chi connectivity index (χ2v) is 8.26. The van der Waals surface area contributed by atoms with Crippen molar-refractivity contribution in [2.45, 2.75) is 38.6 Å². The van der Waals surface area contributed by atoms with E-state index < -0.39 is 0 Å². The molecule has 1 aliphatic carbocycles. The maximum absolute atomic E-state index is 9.16. The Labute approximate surface area is 181 Å². The Hall–Kier alpha value is -3.72. The first-order valence-electron chi connectivity index (χ1n) is 10.8. The van der Waals surface area contributed by atoms with Gasteiger partial charge in [-0.2, -0.15) is 10.4 Å². The molecule has 1 aliphatic rings. The summed E-state index contributed by atoms with van der Waals surface area (Å²) >= 11 is 0. The molecule has 6 nitrogen and oxygen atoms in total. The smallest absolute Gasteiger partial charge is 0.163 e. The van der Waals surface area contributed by atoms with Crippen LogP contribution in [-0.4, -0.2) is 19.7 Å². The summed E-state index contributed by atoms with van der Waals surface area (Å²) < 4.78 is 2.02. The SMILES string of the molecule is N#Cc1cccc(-c2ccc(-c3nn(CC4CCCCC4)c4ncnc(N)c34)cc2)c1. The van der Waals surface area contributed by atoms with E-state index in [4.69, 9.17) is 16.1 Å². The molecule has 0 spiro atoms. The predicted molar refractivity (Wildman–Crippen MR) is 122 cm³/mol. The number of hydrogen-bond donors (Lipinski definition) is 1. The number of rotatable bonds is 4. The molecule has 31 heavy (non-hydrogen) atoms. The highest BCUT2D eigenvalue weighted by Gasteiger charge is 2.20. The number of benzene rings is 2. The molecule has 1 saturated carbocycles. The Bertz CT molecular complexity index is 1260. The molecule has 4 aromatic rings. The summed E-state index contributed by atoms with van der Waals surface area (Å²) in [7, 11) is 0. The molecule has 1 fully saturated rings. The lowest BCUT2D eigenvalue weighted by Gasteiger charge is -2.21. The van der Waals surface area contributed by atoms with E-state index in [1.807, 2.05) is 41.1 Å². The van der Waals surface area contributed by atoms with Gasteiger partial charge in [0, 0.05) is 12.1 Å². The zero-order valence-electron chi connectivity index (χ0n) is 17.3. The van der Waals surface area contributed by atoms with E-state index >= 15 is 0 Å². The summed E-state index contributed by atoms with van der Waals surface area (Å²) in [4.78, 5) is 8.74. The van der Waals surface area contributed by atoms with Crippen molar-refractivity contribution in [3.05, 3.63) is 60.4 Å². The van der Waals surface area contributed by atoms with Gasteiger partial charge in [0.2, 0.25) is 0 Å². The molecule has 0 unspecified atom stereocenters. The molecule has 0 bridgehead atoms. The van der Waals surface area contributed by atoms with Crippen molar-refractivity contribution in [2.75, 3.05) is 5.73 Å². The fraction of sp³-hybridized carbons (Fsp3) is 0.280. The molecule has 154 valence electrons. The maximum Gasteiger partial charge on any atom is 0.163 e. The fourth-order valence-electron chi connectivity index (χ4n) is 4.56. The lowest BCUT2D eigenvalue weighted by Crippen LogP contribution is -2.15. The van der Waals surface area contributed by atoms with Gasteiger partial charge in [-0.05, 0) is 42.0 Å². The average Bonchev–Trinajstić information content (AvgIpc) is 3.19. The second-order valence-electron chi connectivity index (χ2n) is 8.26. The van der Waals surface area contributed by atoms with E-state index in [-0.39, 0.29) is 0 Å². The normalized spacial score (nSPS) is 14.5. The van der Waals surface area contributed by atoms with Gasteiger partial charge in [0.05, 0.1) is 17.0 Å². The van der Waals surface area contributed by atoms with E-state index in [1.54, 1.807) is 0 Å². The fourth-order valence-corrected chi connectivity index (χ4v) is 4.56. The van der Waals surface area contributed by atoms with Crippen molar-refractivity contribution in [2.24, 2.45) is 5.92 Å². The zero-order chi connectivity index (χ0) is 21.2. The molecule has 6 heteroatoms. The van der Waals surface area contributed by atoms with Gasteiger partial charge in [-0.1, -0.05) is 55.7 Å². The van der Waals surface area contributed by atoms with Crippen LogP contribution in [0.5, 0.6) is 0 Å². The standard InChI is InChI=1S/C25H24N6/c26-14-18-7-4-8-21(13-18)19-9-11-20(12-10-19)23-22-24(27)28-16-29-25(22)31(30-23)15-17-5-2-1-3-6-17/h4,7-13,16-17H,1-3,5-6,15H2,(H2,27,28,29). The molecule has 0 radical (unpaired) electrons. The third-order valence-electron chi connectivity index (χ3n) is 6.20. The molecule has 2 aromatic heterocycles. The number of anilines is 1. The van der Waals surface area contributed by atoms with Crippen LogP contribution in [0.15, 0.2) is 54.9 Å². The van der Waals surface area contributed by atoms with E-state index in [9.17, 15) is 0 Å². The van der Waals surface area contributed by atoms with Crippen molar-refractivity contribution in [3.8, 4) is 28.5 Å². The lowest BCUT2D eigenvalue weighted by atomic mass is 9.89. The van der Waals surface area contributed by atoms with Crippen LogP contribution in [0, 0.1) is 17.2 Å². The molecule has 0 amide bonds. The highest BCUT2D eigenvalue weighted by atomic mass is 15.3. The maximum atomic E-state index is 9.16. The van der Waals surface area contributed by atoms with Crippen molar-refractivity contribution in [3.63, 3.8) is 0 Å². The van der Waals surface area contributed by atoms with Crippen molar-refractivity contribution in [1.82, 2.24) is 19.7 Å². The van der Waals surface area contributed by atoms with Gasteiger partial charge >= 0.3 is 0 Å². The number of hydrogen-bond acceptors (Lipinski definition) is 5. The number of nitriles is 1. The Morgan fingerprint density at radius 3 is 2.52 bits per heavy atom. The molecular formula is C25H24N6. The van der Waals surface area contributed by atoms with Crippen LogP contribution in [0.3, 0.4) is 0 Å². The largest absolute Gasteiger partial charge is 0.383 e. The van der Waals surface area contributed by atoms with Crippen LogP contribution in [0.1, 0.15) is 37.7 Å². The first kappa shape index (κ1) is 19.3. The molecule has 0 saturated heterocycles. The van der Waals surface area contributed by atoms with Crippen molar-refractivity contribution in [1.29, 1.82) is 5.26 Å². The molecule has 5 rings (SSSR count). The van der Waals surface area contributed by atoms with Crippen molar-refractivity contribution >= 4 is 16.9 Å². The Morgan fingerprint density at radius 2 is 1.74 bits per heavy atom. The van der Waals surface area contributed by atoms with E-state index in [0.717, 1.165) is 40.0 Å². The highest BCUT2D eigenvalue weighted by molar-refractivity contribution is 5.98. The molecular weight excluding hydrogens is 384 g/mol. The van der Waals surface area contributed by atoms with Gasteiger partial charge < -0.3 is 5.73 Å².